The number of para-hydroxylation sites is 1. The second-order valence-corrected chi connectivity index (χ2v) is 12.5. The maximum absolute atomic E-state index is 15.6. The van der Waals surface area contributed by atoms with Gasteiger partial charge in [-0.3, -0.25) is 19.2 Å². The molecular weight excluding hydrogens is 599 g/mol. The molecule has 4 heterocycles. The van der Waals surface area contributed by atoms with Crippen LogP contribution < -0.4 is 10.5 Å². The minimum absolute atomic E-state index is 0.000151. The summed E-state index contributed by atoms with van der Waals surface area (Å²) in [4.78, 5) is 35.8. The molecule has 2 N–H and O–H groups in total. The summed E-state index contributed by atoms with van der Waals surface area (Å²) in [7, 11) is 1.77. The number of nitrogen functional groups attached to an aromatic ring is 1. The van der Waals surface area contributed by atoms with E-state index in [0.717, 1.165) is 6.42 Å². The lowest BCUT2D eigenvalue weighted by atomic mass is 9.97. The Kier molecular flexibility index (Phi) is 8.66. The zero-order valence-corrected chi connectivity index (χ0v) is 26.7. The van der Waals surface area contributed by atoms with E-state index in [0.29, 0.717) is 60.7 Å². The molecule has 6 rings (SSSR count). The van der Waals surface area contributed by atoms with E-state index in [-0.39, 0.29) is 41.4 Å². The third kappa shape index (κ3) is 6.39. The summed E-state index contributed by atoms with van der Waals surface area (Å²) in [5.74, 6) is 0.259. The quantitative estimate of drug-likeness (QED) is 0.219. The predicted molar refractivity (Wildman–Crippen MR) is 176 cm³/mol. The second-order valence-electron chi connectivity index (χ2n) is 12.5. The number of piperazine rings is 1. The van der Waals surface area contributed by atoms with E-state index >= 15 is 4.39 Å². The number of rotatable bonds is 8. The molecule has 0 spiro atoms. The lowest BCUT2D eigenvalue weighted by Gasteiger charge is -2.41. The number of halogens is 1. The first-order valence-corrected chi connectivity index (χ1v) is 15.6. The van der Waals surface area contributed by atoms with Crippen molar-refractivity contribution in [2.75, 3.05) is 39.0 Å². The summed E-state index contributed by atoms with van der Waals surface area (Å²) >= 11 is 0. The first-order valence-electron chi connectivity index (χ1n) is 15.6. The number of likely N-dealkylation sites (tertiary alicyclic amines) is 1. The largest absolute Gasteiger partial charge is 0.457 e. The Morgan fingerprint density at radius 1 is 1.15 bits per heavy atom. The number of carbonyl (C=O) groups excluding carboxylic acids is 2. The highest BCUT2D eigenvalue weighted by molar-refractivity contribution is 6.00. The van der Waals surface area contributed by atoms with Crippen LogP contribution in [0.2, 0.25) is 0 Å². The van der Waals surface area contributed by atoms with Crippen molar-refractivity contribution in [1.82, 2.24) is 29.5 Å². The smallest absolute Gasteiger partial charge is 0.264 e. The molecule has 2 aromatic heterocycles. The van der Waals surface area contributed by atoms with Crippen LogP contribution in [0.5, 0.6) is 11.5 Å². The van der Waals surface area contributed by atoms with Crippen LogP contribution in [0.15, 0.2) is 72.4 Å². The number of nitrogens with two attached hydrogens (primary N) is 1. The molecule has 0 saturated carbocycles. The molecule has 1 atom stereocenters. The Labute approximate surface area is 272 Å². The molecule has 0 unspecified atom stereocenters. The summed E-state index contributed by atoms with van der Waals surface area (Å²) < 4.78 is 23.2. The lowest BCUT2D eigenvalue weighted by Crippen LogP contribution is -2.55. The van der Waals surface area contributed by atoms with Gasteiger partial charge in [0.25, 0.3) is 5.91 Å². The van der Waals surface area contributed by atoms with E-state index in [1.54, 1.807) is 64.1 Å². The van der Waals surface area contributed by atoms with E-state index in [1.165, 1.54) is 6.07 Å². The first-order chi connectivity index (χ1) is 22.6. The third-order valence-electron chi connectivity index (χ3n) is 9.01. The number of nitrogens with zero attached hydrogens (tertiary/aromatic N) is 7. The number of ether oxygens (including phenoxy) is 1. The summed E-state index contributed by atoms with van der Waals surface area (Å²) in [6.07, 6.45) is 4.72. The number of aromatic nitrogens is 3. The summed E-state index contributed by atoms with van der Waals surface area (Å²) in [5, 5.41) is 15.4. The van der Waals surface area contributed by atoms with Crippen molar-refractivity contribution in [3.63, 3.8) is 0 Å². The van der Waals surface area contributed by atoms with Gasteiger partial charge in [-0.2, -0.15) is 10.4 Å². The van der Waals surface area contributed by atoms with E-state index in [1.807, 2.05) is 36.9 Å². The molecule has 0 radical (unpaired) electrons. The molecule has 11 nitrogen and oxygen atoms in total. The topological polar surface area (TPSA) is 134 Å². The number of pyridine rings is 1. The molecule has 12 heteroatoms. The normalized spacial score (nSPS) is 17.7. The van der Waals surface area contributed by atoms with Crippen LogP contribution in [-0.4, -0.2) is 86.1 Å². The average molecular weight is 637 g/mol. The fourth-order valence-electron chi connectivity index (χ4n) is 6.34. The van der Waals surface area contributed by atoms with Gasteiger partial charge in [0.15, 0.2) is 0 Å². The minimum Gasteiger partial charge on any atom is -0.457 e. The molecule has 2 aliphatic rings. The number of benzene rings is 2. The zero-order chi connectivity index (χ0) is 33.3. The standard InChI is InChI=1S/C35H37FN8O3/c1-35(2,42-17-16-41(3)30(45)22-42)19-23(20-37)34(46)43-15-7-8-24(43)21-44-29-13-14-39-33(38)31(29)32(40-44)27-12-11-26(18-28(27)36)47-25-9-5-4-6-10-25/h4-6,9-14,18-19,24H,7-8,15-17,21-22H2,1-3H3,(H2,38,39)/b23-19-/t24-/m0/s1. The molecule has 2 saturated heterocycles. The van der Waals surface area contributed by atoms with Crippen molar-refractivity contribution >= 4 is 28.5 Å². The number of hydrogen-bond acceptors (Lipinski definition) is 8. The van der Waals surface area contributed by atoms with Crippen LogP contribution in [0.4, 0.5) is 10.2 Å². The van der Waals surface area contributed by atoms with Crippen molar-refractivity contribution in [2.45, 2.75) is 44.8 Å². The van der Waals surface area contributed by atoms with Crippen molar-refractivity contribution in [2.24, 2.45) is 0 Å². The summed E-state index contributed by atoms with van der Waals surface area (Å²) in [6.45, 7) is 6.06. The maximum atomic E-state index is 15.6. The summed E-state index contributed by atoms with van der Waals surface area (Å²) in [5.41, 5.74) is 6.91. The number of hydrogen-bond donors (Lipinski definition) is 1. The highest BCUT2D eigenvalue weighted by atomic mass is 19.1. The zero-order valence-electron chi connectivity index (χ0n) is 26.7. The van der Waals surface area contributed by atoms with Crippen molar-refractivity contribution in [3.8, 4) is 28.8 Å². The van der Waals surface area contributed by atoms with Gasteiger partial charge < -0.3 is 20.3 Å². The van der Waals surface area contributed by atoms with Gasteiger partial charge in [0.2, 0.25) is 5.91 Å². The van der Waals surface area contributed by atoms with Crippen molar-refractivity contribution < 1.29 is 18.7 Å². The van der Waals surface area contributed by atoms with Crippen LogP contribution in [0.1, 0.15) is 26.7 Å². The Bertz CT molecular complexity index is 1900. The third-order valence-corrected chi connectivity index (χ3v) is 9.01. The summed E-state index contributed by atoms with van der Waals surface area (Å²) in [6, 6.07) is 17.3. The van der Waals surface area contributed by atoms with Crippen molar-refractivity contribution in [3.05, 3.63) is 78.3 Å². The highest BCUT2D eigenvalue weighted by Gasteiger charge is 2.36. The molecule has 242 valence electrons. The number of likely N-dealkylation sites (N-methyl/N-ethyl adjacent to an activating group) is 1. The van der Waals surface area contributed by atoms with Crippen LogP contribution >= 0.6 is 0 Å². The molecule has 0 bridgehead atoms. The van der Waals surface area contributed by atoms with Gasteiger partial charge in [0.1, 0.15) is 40.5 Å². The Balaban J connectivity index is 1.26. The Hall–Kier alpha value is -5.28. The van der Waals surface area contributed by atoms with Crippen LogP contribution in [0.25, 0.3) is 22.2 Å². The van der Waals surface area contributed by atoms with Gasteiger partial charge in [-0.15, -0.1) is 0 Å². The lowest BCUT2D eigenvalue weighted by molar-refractivity contribution is -0.136. The van der Waals surface area contributed by atoms with E-state index in [4.69, 9.17) is 15.6 Å². The molecule has 2 amide bonds. The molecule has 47 heavy (non-hydrogen) atoms. The SMILES string of the molecule is CN1CCN(C(C)(C)/C=C(/C#N)C(=O)N2CCC[C@H]2Cn2nc(-c3ccc(Oc4ccccc4)cc3F)c3c(N)nccc32)CC1=O. The number of amides is 2. The van der Waals surface area contributed by atoms with Crippen LogP contribution in [-0.2, 0) is 16.1 Å². The highest BCUT2D eigenvalue weighted by Crippen LogP contribution is 2.35. The van der Waals surface area contributed by atoms with E-state index in [2.05, 4.69) is 11.1 Å². The van der Waals surface area contributed by atoms with Crippen molar-refractivity contribution in [1.29, 1.82) is 5.26 Å². The molecule has 4 aromatic rings. The Morgan fingerprint density at radius 3 is 2.66 bits per heavy atom. The fraction of sp³-hybridized carbons (Fsp3) is 0.343. The second kappa shape index (κ2) is 12.8. The molecule has 0 aliphatic carbocycles. The first kappa shape index (κ1) is 31.7. The number of nitriles is 1. The molecule has 2 aromatic carbocycles. The predicted octanol–water partition coefficient (Wildman–Crippen LogP) is 4.61. The van der Waals surface area contributed by atoms with Crippen LogP contribution in [0.3, 0.4) is 0 Å². The number of anilines is 1. The molecular formula is C35H37FN8O3. The fourth-order valence-corrected chi connectivity index (χ4v) is 6.34. The molecule has 2 aliphatic heterocycles. The maximum Gasteiger partial charge on any atom is 0.264 e. The molecule has 2 fully saturated rings. The monoisotopic (exact) mass is 636 g/mol. The van der Waals surface area contributed by atoms with Gasteiger partial charge in [0.05, 0.1) is 30.0 Å². The number of fused-ring (bicyclic) bond motifs is 1. The van der Waals surface area contributed by atoms with E-state index < -0.39 is 11.4 Å². The average Bonchev–Trinajstić information content (AvgIpc) is 3.67. The van der Waals surface area contributed by atoms with Gasteiger partial charge in [-0.1, -0.05) is 18.2 Å². The van der Waals surface area contributed by atoms with Crippen LogP contribution in [0, 0.1) is 17.1 Å². The van der Waals surface area contributed by atoms with Gasteiger partial charge in [-0.25, -0.2) is 9.37 Å². The minimum atomic E-state index is -0.684. The van der Waals surface area contributed by atoms with Gasteiger partial charge >= 0.3 is 0 Å². The number of carbonyl (C=O) groups is 2. The van der Waals surface area contributed by atoms with E-state index in [9.17, 15) is 14.9 Å². The van der Waals surface area contributed by atoms with Gasteiger partial charge in [-0.05, 0) is 63.1 Å². The Morgan fingerprint density at radius 2 is 1.94 bits per heavy atom. The van der Waals surface area contributed by atoms with Gasteiger partial charge in [0, 0.05) is 50.0 Å².